The van der Waals surface area contributed by atoms with E-state index in [4.69, 9.17) is 5.41 Å². The van der Waals surface area contributed by atoms with Crippen LogP contribution in [-0.2, 0) is 0 Å². The minimum Gasteiger partial charge on any atom is -0.345 e. The number of carbonyl (C=O) groups is 1. The summed E-state index contributed by atoms with van der Waals surface area (Å²) in [5, 5.41) is 7.12. The Hall–Kier alpha value is -1.64. The molecule has 0 aliphatic carbocycles. The maximum absolute atomic E-state index is 11.5. The highest BCUT2D eigenvalue weighted by Gasteiger charge is 2.10. The van der Waals surface area contributed by atoms with Crippen LogP contribution < -0.4 is 0 Å². The molecule has 0 fully saturated rings. The van der Waals surface area contributed by atoms with Crippen LogP contribution >= 0.6 is 0 Å². The Bertz CT molecular complexity index is 332. The van der Waals surface area contributed by atoms with E-state index in [0.29, 0.717) is 11.1 Å². The van der Waals surface area contributed by atoms with E-state index in [1.807, 2.05) is 19.9 Å². The molecule has 0 spiro atoms. The third-order valence-electron chi connectivity index (χ3n) is 1.75. The van der Waals surface area contributed by atoms with Crippen LogP contribution in [0.4, 0.5) is 0 Å². The fourth-order valence-corrected chi connectivity index (χ4v) is 1.06. The summed E-state index contributed by atoms with van der Waals surface area (Å²) in [4.78, 5) is 13.0. The summed E-state index contributed by atoms with van der Waals surface area (Å²) in [6.07, 6.45) is 1.19. The summed E-state index contributed by atoms with van der Waals surface area (Å²) < 4.78 is 0. The summed E-state index contributed by atoms with van der Waals surface area (Å²) in [6, 6.07) is 7.09. The Kier molecular flexibility index (Phi) is 6.02. The minimum absolute atomic E-state index is 0.0703. The van der Waals surface area contributed by atoms with Crippen LogP contribution in [0.25, 0.3) is 0 Å². The molecule has 1 aromatic carbocycles. The first-order valence-electron chi connectivity index (χ1n) is 4.98. The Morgan fingerprint density at radius 1 is 1.27 bits per heavy atom. The second-order valence-electron chi connectivity index (χ2n) is 2.93. The highest BCUT2D eigenvalue weighted by Crippen LogP contribution is 2.07. The van der Waals surface area contributed by atoms with E-state index in [9.17, 15) is 4.79 Å². The second kappa shape index (κ2) is 6.76. The molecule has 15 heavy (non-hydrogen) atoms. The average molecular weight is 206 g/mol. The number of hydrogen-bond acceptors (Lipinski definition) is 2. The molecular weight excluding hydrogens is 188 g/mol. The molecule has 3 nitrogen and oxygen atoms in total. The number of hydrogen-bond donors (Lipinski definition) is 1. The lowest BCUT2D eigenvalue weighted by Gasteiger charge is -2.11. The summed E-state index contributed by atoms with van der Waals surface area (Å²) in [6.45, 7) is 4.00. The molecule has 1 amide bonds. The van der Waals surface area contributed by atoms with E-state index in [0.717, 1.165) is 0 Å². The SMILES string of the molecule is CC.CN(C)C(=O)c1ccccc1C=N. The lowest BCUT2D eigenvalue weighted by atomic mass is 10.1. The standard InChI is InChI=1S/C10H12N2O.C2H6/c1-12(2)10(13)9-6-4-3-5-8(9)7-11;1-2/h3-7,11H,1-2H3;1-2H3. The molecule has 0 saturated carbocycles. The molecule has 0 aliphatic rings. The van der Waals surface area contributed by atoms with E-state index in [1.54, 1.807) is 32.3 Å². The van der Waals surface area contributed by atoms with Gasteiger partial charge in [0.05, 0.1) is 0 Å². The number of nitrogens with zero attached hydrogens (tertiary/aromatic N) is 1. The summed E-state index contributed by atoms with van der Waals surface area (Å²) >= 11 is 0. The van der Waals surface area contributed by atoms with Crippen LogP contribution in [-0.4, -0.2) is 31.1 Å². The first-order valence-corrected chi connectivity index (χ1v) is 4.98. The van der Waals surface area contributed by atoms with E-state index >= 15 is 0 Å². The fraction of sp³-hybridized carbons (Fsp3) is 0.333. The second-order valence-corrected chi connectivity index (χ2v) is 2.93. The van der Waals surface area contributed by atoms with Crippen LogP contribution in [0.5, 0.6) is 0 Å². The highest BCUT2D eigenvalue weighted by molar-refractivity contribution is 6.01. The van der Waals surface area contributed by atoms with Crippen LogP contribution in [0.15, 0.2) is 24.3 Å². The van der Waals surface area contributed by atoms with Gasteiger partial charge in [-0.05, 0) is 6.07 Å². The average Bonchev–Trinajstić information content (AvgIpc) is 2.30. The first-order chi connectivity index (χ1) is 7.16. The lowest BCUT2D eigenvalue weighted by molar-refractivity contribution is 0.0827. The van der Waals surface area contributed by atoms with Gasteiger partial charge >= 0.3 is 0 Å². The number of nitrogens with one attached hydrogen (secondary N) is 1. The third kappa shape index (κ3) is 3.54. The number of carbonyl (C=O) groups excluding carboxylic acids is 1. The van der Waals surface area contributed by atoms with Gasteiger partial charge in [0, 0.05) is 31.4 Å². The van der Waals surface area contributed by atoms with Crippen molar-refractivity contribution in [2.45, 2.75) is 13.8 Å². The van der Waals surface area contributed by atoms with Gasteiger partial charge in [-0.15, -0.1) is 0 Å². The Morgan fingerprint density at radius 2 is 1.80 bits per heavy atom. The predicted octanol–water partition coefficient (Wildman–Crippen LogP) is 2.41. The topological polar surface area (TPSA) is 44.2 Å². The zero-order valence-corrected chi connectivity index (χ0v) is 9.74. The Balaban J connectivity index is 0.000000921. The quantitative estimate of drug-likeness (QED) is 0.742. The van der Waals surface area contributed by atoms with Gasteiger partial charge in [-0.2, -0.15) is 0 Å². The number of benzene rings is 1. The van der Waals surface area contributed by atoms with Crippen molar-refractivity contribution in [2.75, 3.05) is 14.1 Å². The molecule has 1 rings (SSSR count). The zero-order chi connectivity index (χ0) is 11.8. The predicted molar refractivity (Wildman–Crippen MR) is 63.7 cm³/mol. The van der Waals surface area contributed by atoms with Crippen LogP contribution in [0.3, 0.4) is 0 Å². The molecule has 3 heteroatoms. The van der Waals surface area contributed by atoms with E-state index in [1.165, 1.54) is 11.1 Å². The van der Waals surface area contributed by atoms with Gasteiger partial charge in [-0.3, -0.25) is 4.79 Å². The molecule has 1 N–H and O–H groups in total. The maximum Gasteiger partial charge on any atom is 0.253 e. The van der Waals surface area contributed by atoms with Gasteiger partial charge in [-0.1, -0.05) is 32.0 Å². The van der Waals surface area contributed by atoms with Crippen LogP contribution in [0.1, 0.15) is 29.8 Å². The fourth-order valence-electron chi connectivity index (χ4n) is 1.06. The van der Waals surface area contributed by atoms with Crippen molar-refractivity contribution in [1.29, 1.82) is 5.41 Å². The summed E-state index contributed by atoms with van der Waals surface area (Å²) in [5.41, 5.74) is 1.23. The van der Waals surface area contributed by atoms with Crippen molar-refractivity contribution in [2.24, 2.45) is 0 Å². The largest absolute Gasteiger partial charge is 0.345 e. The van der Waals surface area contributed by atoms with Crippen molar-refractivity contribution in [3.05, 3.63) is 35.4 Å². The molecule has 0 saturated heterocycles. The highest BCUT2D eigenvalue weighted by atomic mass is 16.2. The molecule has 0 bridgehead atoms. The molecule has 0 unspecified atom stereocenters. The van der Waals surface area contributed by atoms with Crippen molar-refractivity contribution >= 4 is 12.1 Å². The van der Waals surface area contributed by atoms with Crippen molar-refractivity contribution in [1.82, 2.24) is 4.90 Å². The van der Waals surface area contributed by atoms with Crippen molar-refractivity contribution in [3.8, 4) is 0 Å². The monoisotopic (exact) mass is 206 g/mol. The molecule has 1 aromatic rings. The molecular formula is C12H18N2O. The van der Waals surface area contributed by atoms with Gasteiger partial charge < -0.3 is 10.3 Å². The molecule has 0 radical (unpaired) electrons. The van der Waals surface area contributed by atoms with E-state index in [-0.39, 0.29) is 5.91 Å². The van der Waals surface area contributed by atoms with Gasteiger partial charge in [0.15, 0.2) is 0 Å². The number of amides is 1. The minimum atomic E-state index is -0.0703. The van der Waals surface area contributed by atoms with Gasteiger partial charge in [0.25, 0.3) is 5.91 Å². The first kappa shape index (κ1) is 13.4. The molecule has 0 aliphatic heterocycles. The third-order valence-corrected chi connectivity index (χ3v) is 1.75. The van der Waals surface area contributed by atoms with Crippen LogP contribution in [0.2, 0.25) is 0 Å². The van der Waals surface area contributed by atoms with Gasteiger partial charge in [0.2, 0.25) is 0 Å². The zero-order valence-electron chi connectivity index (χ0n) is 9.74. The van der Waals surface area contributed by atoms with Crippen molar-refractivity contribution < 1.29 is 4.79 Å². The smallest absolute Gasteiger partial charge is 0.253 e. The number of rotatable bonds is 2. The molecule has 0 aromatic heterocycles. The van der Waals surface area contributed by atoms with Crippen LogP contribution in [0, 0.1) is 5.41 Å². The normalized spacial score (nSPS) is 8.53. The summed E-state index contributed by atoms with van der Waals surface area (Å²) in [7, 11) is 3.39. The maximum atomic E-state index is 11.5. The molecule has 82 valence electrons. The lowest BCUT2D eigenvalue weighted by Crippen LogP contribution is -2.22. The Morgan fingerprint density at radius 3 is 2.27 bits per heavy atom. The van der Waals surface area contributed by atoms with Gasteiger partial charge in [-0.25, -0.2) is 0 Å². The van der Waals surface area contributed by atoms with Crippen molar-refractivity contribution in [3.63, 3.8) is 0 Å². The summed E-state index contributed by atoms with van der Waals surface area (Å²) in [5.74, 6) is -0.0703. The van der Waals surface area contributed by atoms with E-state index in [2.05, 4.69) is 0 Å². The molecule has 0 atom stereocenters. The van der Waals surface area contributed by atoms with Gasteiger partial charge in [0.1, 0.15) is 0 Å². The Labute approximate surface area is 91.2 Å². The molecule has 0 heterocycles. The van der Waals surface area contributed by atoms with E-state index < -0.39 is 0 Å².